The standard InChI is InChI=1S/C5H9.CH3.W/c1-3-5-4-2;;/h4-5H,1,3H2,2H3;1H3;/q2*-1;+2/b5-4-;;. The molecule has 0 spiro atoms. The molecule has 0 heterocycles. The van der Waals surface area contributed by atoms with Crippen LogP contribution < -0.4 is 0 Å². The third-order valence-electron chi connectivity index (χ3n) is 0.402. The average Bonchev–Trinajstić information content (AvgIpc) is 1.41. The molecule has 42 valence electrons. The summed E-state index contributed by atoms with van der Waals surface area (Å²) in [4.78, 5) is 0. The van der Waals surface area contributed by atoms with Crippen molar-refractivity contribution in [3.05, 3.63) is 26.5 Å². The molecular formula is C6H12W. The van der Waals surface area contributed by atoms with E-state index in [9.17, 15) is 0 Å². The number of hydrogen-bond donors (Lipinski definition) is 0. The van der Waals surface area contributed by atoms with Crippen molar-refractivity contribution in [2.45, 2.75) is 13.3 Å². The van der Waals surface area contributed by atoms with Gasteiger partial charge in [-0.3, -0.25) is 0 Å². The normalized spacial score (nSPS) is 7.14. The van der Waals surface area contributed by atoms with Crippen molar-refractivity contribution in [2.24, 2.45) is 0 Å². The van der Waals surface area contributed by atoms with Gasteiger partial charge in [-0.2, -0.15) is 6.42 Å². The van der Waals surface area contributed by atoms with Crippen molar-refractivity contribution in [1.29, 1.82) is 0 Å². The Bertz CT molecular complexity index is 31.2. The molecule has 0 radical (unpaired) electrons. The molecule has 7 heavy (non-hydrogen) atoms. The van der Waals surface area contributed by atoms with E-state index in [-0.39, 0.29) is 28.5 Å². The molecule has 0 saturated carbocycles. The van der Waals surface area contributed by atoms with Crippen molar-refractivity contribution >= 4 is 0 Å². The summed E-state index contributed by atoms with van der Waals surface area (Å²) in [5.74, 6) is 0. The smallest absolute Gasteiger partial charge is 0.358 e. The summed E-state index contributed by atoms with van der Waals surface area (Å²) in [6, 6.07) is 0. The Kier molecular flexibility index (Phi) is 36.0. The van der Waals surface area contributed by atoms with Crippen LogP contribution >= 0.6 is 0 Å². The minimum absolute atomic E-state index is 0. The van der Waals surface area contributed by atoms with Crippen LogP contribution in [-0.2, 0) is 21.1 Å². The summed E-state index contributed by atoms with van der Waals surface area (Å²) in [6.45, 7) is 5.58. The Morgan fingerprint density at radius 1 is 1.57 bits per heavy atom. The van der Waals surface area contributed by atoms with Crippen LogP contribution in [-0.4, -0.2) is 0 Å². The van der Waals surface area contributed by atoms with Gasteiger partial charge in [0.15, 0.2) is 0 Å². The van der Waals surface area contributed by atoms with Gasteiger partial charge in [0, 0.05) is 0 Å². The summed E-state index contributed by atoms with van der Waals surface area (Å²) < 4.78 is 0. The molecule has 0 aromatic heterocycles. The monoisotopic (exact) mass is 268 g/mol. The second kappa shape index (κ2) is 16.1. The summed E-state index contributed by atoms with van der Waals surface area (Å²) in [6.07, 6.45) is 4.92. The Hall–Kier alpha value is 0.428. The first-order valence-electron chi connectivity index (χ1n) is 1.82. The van der Waals surface area contributed by atoms with E-state index in [0.717, 1.165) is 6.42 Å². The Balaban J connectivity index is -0.0000000800. The summed E-state index contributed by atoms with van der Waals surface area (Å²) in [5, 5.41) is 0. The van der Waals surface area contributed by atoms with Gasteiger partial charge in [0.1, 0.15) is 0 Å². The molecule has 0 rings (SSSR count). The van der Waals surface area contributed by atoms with Gasteiger partial charge in [0.2, 0.25) is 0 Å². The molecule has 0 bridgehead atoms. The predicted octanol–water partition coefficient (Wildman–Crippen LogP) is 2.23. The first-order chi connectivity index (χ1) is 2.41. The first-order valence-corrected chi connectivity index (χ1v) is 1.82. The van der Waals surface area contributed by atoms with E-state index < -0.39 is 0 Å². The van der Waals surface area contributed by atoms with E-state index in [1.165, 1.54) is 0 Å². The molecule has 0 nitrogen and oxygen atoms in total. The third-order valence-corrected chi connectivity index (χ3v) is 0.402. The Labute approximate surface area is 61.3 Å². The van der Waals surface area contributed by atoms with Gasteiger partial charge in [0.05, 0.1) is 0 Å². The van der Waals surface area contributed by atoms with Crippen molar-refractivity contribution < 1.29 is 21.1 Å². The molecule has 0 fully saturated rings. The molecular weight excluding hydrogens is 256 g/mol. The predicted molar refractivity (Wildman–Crippen MR) is 31.2 cm³/mol. The van der Waals surface area contributed by atoms with Crippen LogP contribution in [0.4, 0.5) is 0 Å². The second-order valence-corrected chi connectivity index (χ2v) is 0.858. The van der Waals surface area contributed by atoms with Crippen LogP contribution in [0.2, 0.25) is 0 Å². The van der Waals surface area contributed by atoms with Crippen LogP contribution in [0.15, 0.2) is 12.2 Å². The fourth-order valence-corrected chi connectivity index (χ4v) is 0.167. The fourth-order valence-electron chi connectivity index (χ4n) is 0.167. The molecule has 0 aliphatic heterocycles. The Morgan fingerprint density at radius 3 is 2.00 bits per heavy atom. The van der Waals surface area contributed by atoms with Crippen LogP contribution in [0.5, 0.6) is 0 Å². The molecule has 0 unspecified atom stereocenters. The maximum atomic E-state index is 3.59. The molecule has 0 aliphatic rings. The van der Waals surface area contributed by atoms with Crippen LogP contribution in [0.3, 0.4) is 0 Å². The molecule has 1 heteroatoms. The summed E-state index contributed by atoms with van der Waals surface area (Å²) >= 11 is 0. The topological polar surface area (TPSA) is 0 Å². The molecule has 0 saturated heterocycles. The van der Waals surface area contributed by atoms with E-state index in [4.69, 9.17) is 0 Å². The number of rotatable bonds is 1. The van der Waals surface area contributed by atoms with Crippen molar-refractivity contribution in [3.8, 4) is 0 Å². The second-order valence-electron chi connectivity index (χ2n) is 0.858. The average molecular weight is 268 g/mol. The minimum atomic E-state index is 0. The molecule has 0 aromatic carbocycles. The van der Waals surface area contributed by atoms with Gasteiger partial charge >= 0.3 is 21.1 Å². The van der Waals surface area contributed by atoms with Gasteiger partial charge in [-0.1, -0.05) is 6.08 Å². The molecule has 0 amide bonds. The Morgan fingerprint density at radius 2 is 2.00 bits per heavy atom. The van der Waals surface area contributed by atoms with E-state index in [0.29, 0.717) is 0 Å². The van der Waals surface area contributed by atoms with E-state index in [2.05, 4.69) is 6.92 Å². The molecule has 0 aliphatic carbocycles. The summed E-state index contributed by atoms with van der Waals surface area (Å²) in [5.41, 5.74) is 0. The maximum Gasteiger partial charge on any atom is 2.00 e. The SMILES string of the molecule is [CH2-]C/C=C\C.[CH3-].[W+2]. The number of hydrogen-bond acceptors (Lipinski definition) is 0. The zero-order chi connectivity index (χ0) is 4.12. The molecule has 0 N–H and O–H groups in total. The van der Waals surface area contributed by atoms with Gasteiger partial charge in [0.25, 0.3) is 0 Å². The largest absolute Gasteiger partial charge is 2.00 e. The van der Waals surface area contributed by atoms with Crippen LogP contribution in [0, 0.1) is 14.4 Å². The van der Waals surface area contributed by atoms with Gasteiger partial charge in [-0.05, 0) is 6.92 Å². The molecule has 0 aromatic rings. The van der Waals surface area contributed by atoms with Crippen molar-refractivity contribution in [2.75, 3.05) is 0 Å². The fraction of sp³-hybridized carbons (Fsp3) is 0.333. The minimum Gasteiger partial charge on any atom is -0.358 e. The van der Waals surface area contributed by atoms with E-state index >= 15 is 0 Å². The van der Waals surface area contributed by atoms with E-state index in [1.807, 2.05) is 19.1 Å². The first kappa shape index (κ1) is 15.7. The zero-order valence-electron chi connectivity index (χ0n) is 4.98. The van der Waals surface area contributed by atoms with Gasteiger partial charge in [-0.25, -0.2) is 0 Å². The van der Waals surface area contributed by atoms with Crippen molar-refractivity contribution in [1.82, 2.24) is 0 Å². The summed E-state index contributed by atoms with van der Waals surface area (Å²) in [7, 11) is 0. The van der Waals surface area contributed by atoms with Crippen LogP contribution in [0.25, 0.3) is 0 Å². The van der Waals surface area contributed by atoms with E-state index in [1.54, 1.807) is 0 Å². The van der Waals surface area contributed by atoms with Gasteiger partial charge in [-0.15, -0.1) is 6.08 Å². The third kappa shape index (κ3) is 21.4. The van der Waals surface area contributed by atoms with Crippen molar-refractivity contribution in [3.63, 3.8) is 0 Å². The quantitative estimate of drug-likeness (QED) is 0.505. The molecule has 0 atom stereocenters. The van der Waals surface area contributed by atoms with Crippen LogP contribution in [0.1, 0.15) is 13.3 Å². The van der Waals surface area contributed by atoms with Gasteiger partial charge < -0.3 is 14.4 Å². The zero-order valence-corrected chi connectivity index (χ0v) is 7.91. The number of allylic oxidation sites excluding steroid dienone is 2. The maximum absolute atomic E-state index is 3.59.